The first-order chi connectivity index (χ1) is 17.0. The molecule has 1 aromatic carbocycles. The number of nitrogen functional groups attached to an aromatic ring is 1. The monoisotopic (exact) mass is 635 g/mol. The zero-order chi connectivity index (χ0) is 26.1. The maximum absolute atomic E-state index is 14.0. The Labute approximate surface area is 223 Å². The lowest BCUT2D eigenvalue weighted by Gasteiger charge is -2.39. The van der Waals surface area contributed by atoms with Crippen molar-refractivity contribution in [3.63, 3.8) is 0 Å². The number of hydrogen-bond acceptors (Lipinski definition) is 8. The molecule has 2 aromatic rings. The molecule has 0 aliphatic carbocycles. The number of carbonyl (C=O) groups excluding carboxylic acids is 1. The van der Waals surface area contributed by atoms with E-state index >= 15 is 0 Å². The lowest BCUT2D eigenvalue weighted by molar-refractivity contribution is -0.198. The third-order valence-corrected chi connectivity index (χ3v) is 7.78. The third kappa shape index (κ3) is 6.05. The molecule has 0 unspecified atom stereocenters. The van der Waals surface area contributed by atoms with E-state index in [0.29, 0.717) is 43.0 Å². The fourth-order valence-electron chi connectivity index (χ4n) is 4.71. The summed E-state index contributed by atoms with van der Waals surface area (Å²) in [5, 5.41) is 3.26. The van der Waals surface area contributed by atoms with Crippen LogP contribution in [0.5, 0.6) is 5.88 Å². The van der Waals surface area contributed by atoms with Gasteiger partial charge >= 0.3 is 12.1 Å². The van der Waals surface area contributed by atoms with Crippen LogP contribution in [0, 0.1) is 5.41 Å². The number of nitrogens with two attached hydrogens (primary N) is 1. The van der Waals surface area contributed by atoms with Gasteiger partial charge in [-0.15, -0.1) is 0 Å². The van der Waals surface area contributed by atoms with Crippen LogP contribution in [-0.4, -0.2) is 54.4 Å². The number of esters is 1. The summed E-state index contributed by atoms with van der Waals surface area (Å²) < 4.78 is 53.2. The van der Waals surface area contributed by atoms with E-state index in [9.17, 15) is 18.0 Å². The van der Waals surface area contributed by atoms with Crippen molar-refractivity contribution < 1.29 is 27.4 Å². The second-order valence-electron chi connectivity index (χ2n) is 9.00. The topological polar surface area (TPSA) is 103 Å². The second-order valence-corrected chi connectivity index (χ2v) is 10.8. The van der Waals surface area contributed by atoms with Crippen LogP contribution in [0.25, 0.3) is 0 Å². The number of carbonyl (C=O) groups is 1. The van der Waals surface area contributed by atoms with E-state index < -0.39 is 12.3 Å². The molecule has 3 N–H and O–H groups in total. The van der Waals surface area contributed by atoms with E-state index in [4.69, 9.17) is 15.2 Å². The Hall–Kier alpha value is -2.12. The number of halogens is 5. The standard InChI is InChI=1S/C23H26Br2F3N5O3/c1-2-35-20(34)16-11-22(12-30-16)5-7-33(8-6-22)17-10-18(32-21(29)31-17)36-19(23(26,27)28)14-9-13(24)3-4-15(14)25/h3-4,9-10,16,19,30H,2,5-8,11-12H2,1H3,(H2,29,31,32)/t16-,19+/m0/s1. The minimum Gasteiger partial charge on any atom is -0.465 e. The molecule has 2 fully saturated rings. The highest BCUT2D eigenvalue weighted by Gasteiger charge is 2.46. The van der Waals surface area contributed by atoms with Gasteiger partial charge in [-0.3, -0.25) is 4.79 Å². The number of nitrogens with one attached hydrogen (secondary N) is 1. The van der Waals surface area contributed by atoms with E-state index in [-0.39, 0.29) is 39.3 Å². The van der Waals surface area contributed by atoms with Crippen LogP contribution in [0.4, 0.5) is 24.9 Å². The fraction of sp³-hybridized carbons (Fsp3) is 0.522. The normalized spacial score (nSPS) is 20.4. The van der Waals surface area contributed by atoms with Crippen LogP contribution in [-0.2, 0) is 9.53 Å². The molecule has 0 radical (unpaired) electrons. The maximum Gasteiger partial charge on any atom is 0.429 e. The van der Waals surface area contributed by atoms with Gasteiger partial charge in [0.1, 0.15) is 11.9 Å². The van der Waals surface area contributed by atoms with Crippen LogP contribution in [0.1, 0.15) is 37.9 Å². The largest absolute Gasteiger partial charge is 0.465 e. The molecule has 1 aromatic heterocycles. The summed E-state index contributed by atoms with van der Waals surface area (Å²) in [7, 11) is 0. The molecular weight excluding hydrogens is 611 g/mol. The van der Waals surface area contributed by atoms with E-state index in [2.05, 4.69) is 47.1 Å². The van der Waals surface area contributed by atoms with Gasteiger partial charge in [0.2, 0.25) is 17.9 Å². The molecule has 2 aliphatic rings. The van der Waals surface area contributed by atoms with Crippen LogP contribution < -0.4 is 20.7 Å². The van der Waals surface area contributed by atoms with E-state index in [1.165, 1.54) is 18.2 Å². The van der Waals surface area contributed by atoms with Crippen molar-refractivity contribution in [1.82, 2.24) is 15.3 Å². The van der Waals surface area contributed by atoms with Crippen molar-refractivity contribution in [2.45, 2.75) is 44.5 Å². The zero-order valence-corrected chi connectivity index (χ0v) is 22.6. The van der Waals surface area contributed by atoms with Crippen LogP contribution in [0.2, 0.25) is 0 Å². The van der Waals surface area contributed by atoms with E-state index in [0.717, 1.165) is 12.8 Å². The van der Waals surface area contributed by atoms with Crippen molar-refractivity contribution in [2.24, 2.45) is 5.41 Å². The lowest BCUT2D eigenvalue weighted by atomic mass is 9.76. The average molecular weight is 637 g/mol. The van der Waals surface area contributed by atoms with Crippen LogP contribution in [0.15, 0.2) is 33.2 Å². The number of nitrogens with zero attached hydrogens (tertiary/aromatic N) is 3. The molecule has 13 heteroatoms. The molecule has 0 saturated carbocycles. The molecule has 196 valence electrons. The Balaban J connectivity index is 1.49. The molecule has 8 nitrogen and oxygen atoms in total. The predicted octanol–water partition coefficient (Wildman–Crippen LogP) is 4.78. The summed E-state index contributed by atoms with van der Waals surface area (Å²) in [6.45, 7) is 4.03. The number of piperidine rings is 1. The van der Waals surface area contributed by atoms with Gasteiger partial charge in [0.15, 0.2) is 0 Å². The number of ether oxygens (including phenoxy) is 2. The molecule has 1 spiro atoms. The Morgan fingerprint density at radius 2 is 2.00 bits per heavy atom. The minimum absolute atomic E-state index is 0.0415. The molecule has 2 saturated heterocycles. The molecule has 0 bridgehead atoms. The average Bonchev–Trinajstić information content (AvgIpc) is 3.22. The highest BCUT2D eigenvalue weighted by atomic mass is 79.9. The summed E-state index contributed by atoms with van der Waals surface area (Å²) in [5.41, 5.74) is 5.71. The molecular formula is C23H26Br2F3N5O3. The fourth-order valence-corrected chi connectivity index (χ4v) is 5.55. The first kappa shape index (κ1) is 26.9. The maximum atomic E-state index is 14.0. The Morgan fingerprint density at radius 3 is 2.67 bits per heavy atom. The number of alkyl halides is 3. The van der Waals surface area contributed by atoms with E-state index in [1.807, 2.05) is 4.90 Å². The second kappa shape index (κ2) is 10.7. The zero-order valence-electron chi connectivity index (χ0n) is 19.4. The molecule has 2 atom stereocenters. The summed E-state index contributed by atoms with van der Waals surface area (Å²) in [6.07, 6.45) is -4.71. The molecule has 3 heterocycles. The number of hydrogen-bond donors (Lipinski definition) is 2. The third-order valence-electron chi connectivity index (χ3n) is 6.56. The Bertz CT molecular complexity index is 1110. The first-order valence-electron chi connectivity index (χ1n) is 11.5. The number of rotatable bonds is 6. The number of benzene rings is 1. The Kier molecular flexibility index (Phi) is 8.01. The predicted molar refractivity (Wildman–Crippen MR) is 135 cm³/mol. The van der Waals surface area contributed by atoms with Crippen molar-refractivity contribution in [1.29, 1.82) is 0 Å². The van der Waals surface area contributed by atoms with E-state index in [1.54, 1.807) is 13.0 Å². The molecule has 4 rings (SSSR count). The molecule has 2 aliphatic heterocycles. The quantitative estimate of drug-likeness (QED) is 0.437. The molecule has 0 amide bonds. The summed E-state index contributed by atoms with van der Waals surface area (Å²) in [5.74, 6) is -0.285. The highest BCUT2D eigenvalue weighted by Crippen LogP contribution is 2.42. The minimum atomic E-state index is -4.70. The smallest absolute Gasteiger partial charge is 0.429 e. The summed E-state index contributed by atoms with van der Waals surface area (Å²) in [4.78, 5) is 22.2. The van der Waals surface area contributed by atoms with Gasteiger partial charge in [0.25, 0.3) is 0 Å². The van der Waals surface area contributed by atoms with Crippen LogP contribution in [0.3, 0.4) is 0 Å². The van der Waals surface area contributed by atoms with Crippen molar-refractivity contribution >= 4 is 49.6 Å². The highest BCUT2D eigenvalue weighted by molar-refractivity contribution is 9.11. The summed E-state index contributed by atoms with van der Waals surface area (Å²) in [6, 6.07) is 5.54. The summed E-state index contributed by atoms with van der Waals surface area (Å²) >= 11 is 6.39. The van der Waals surface area contributed by atoms with Crippen LogP contribution >= 0.6 is 31.9 Å². The first-order valence-corrected chi connectivity index (χ1v) is 13.1. The van der Waals surface area contributed by atoms with Gasteiger partial charge in [-0.2, -0.15) is 23.1 Å². The van der Waals surface area contributed by atoms with Crippen molar-refractivity contribution in [2.75, 3.05) is 36.9 Å². The number of aromatic nitrogens is 2. The lowest BCUT2D eigenvalue weighted by Crippen LogP contribution is -2.41. The van der Waals surface area contributed by atoms with Gasteiger partial charge in [-0.25, -0.2) is 0 Å². The number of anilines is 2. The molecule has 36 heavy (non-hydrogen) atoms. The Morgan fingerprint density at radius 1 is 1.28 bits per heavy atom. The van der Waals surface area contributed by atoms with Gasteiger partial charge in [-0.05, 0) is 49.8 Å². The van der Waals surface area contributed by atoms with Gasteiger partial charge in [-0.1, -0.05) is 31.9 Å². The van der Waals surface area contributed by atoms with Gasteiger partial charge in [0.05, 0.1) is 6.61 Å². The van der Waals surface area contributed by atoms with Crippen molar-refractivity contribution in [3.8, 4) is 5.88 Å². The SMILES string of the molecule is CCOC(=O)[C@@H]1CC2(CCN(c3cc(O[C@H](c4cc(Br)ccc4Br)C(F)(F)F)nc(N)n3)CC2)CN1. The van der Waals surface area contributed by atoms with Gasteiger partial charge in [0, 0.05) is 40.2 Å². The van der Waals surface area contributed by atoms with Gasteiger partial charge < -0.3 is 25.4 Å². The van der Waals surface area contributed by atoms with Crippen molar-refractivity contribution in [3.05, 3.63) is 38.8 Å².